The van der Waals surface area contributed by atoms with Gasteiger partial charge in [0.15, 0.2) is 0 Å². The Morgan fingerprint density at radius 1 is 1.21 bits per heavy atom. The van der Waals surface area contributed by atoms with Gasteiger partial charge in [0.25, 0.3) is 0 Å². The van der Waals surface area contributed by atoms with Gasteiger partial charge in [-0.1, -0.05) is 13.0 Å². The van der Waals surface area contributed by atoms with Crippen molar-refractivity contribution in [3.05, 3.63) is 47.0 Å². The minimum Gasteiger partial charge on any atom is -0.494 e. The van der Waals surface area contributed by atoms with Crippen molar-refractivity contribution in [3.8, 4) is 16.9 Å². The minimum absolute atomic E-state index is 0.144. The molecule has 0 aliphatic heterocycles. The molecule has 1 aliphatic carbocycles. The molecule has 0 amide bonds. The first-order valence-electron chi connectivity index (χ1n) is 11.8. The van der Waals surface area contributed by atoms with Crippen molar-refractivity contribution in [3.63, 3.8) is 0 Å². The molecule has 0 fully saturated rings. The summed E-state index contributed by atoms with van der Waals surface area (Å²) < 4.78 is 29.3. The number of hydrogen-bond acceptors (Lipinski definition) is 6. The van der Waals surface area contributed by atoms with Gasteiger partial charge in [-0.15, -0.1) is 0 Å². The van der Waals surface area contributed by atoms with E-state index in [1.54, 1.807) is 18.7 Å². The molecule has 34 heavy (non-hydrogen) atoms. The molecule has 6 nitrogen and oxygen atoms in total. The van der Waals surface area contributed by atoms with Crippen LogP contribution in [0.3, 0.4) is 0 Å². The van der Waals surface area contributed by atoms with Crippen LogP contribution in [0.5, 0.6) is 5.75 Å². The van der Waals surface area contributed by atoms with Gasteiger partial charge in [0.2, 0.25) is 0 Å². The average Bonchev–Trinajstić information content (AvgIpc) is 2.98. The molecule has 2 aromatic carbocycles. The Morgan fingerprint density at radius 3 is 2.68 bits per heavy atom. The number of carboxylic acid groups (broad SMARTS) is 1. The summed E-state index contributed by atoms with van der Waals surface area (Å²) in [5.41, 5.74) is 6.73. The highest BCUT2D eigenvalue weighted by Gasteiger charge is 2.21. The van der Waals surface area contributed by atoms with Crippen LogP contribution in [-0.4, -0.2) is 55.7 Å². The van der Waals surface area contributed by atoms with Crippen molar-refractivity contribution in [2.75, 3.05) is 35.4 Å². The third-order valence-electron chi connectivity index (χ3n) is 6.22. The van der Waals surface area contributed by atoms with Crippen LogP contribution in [0.2, 0.25) is 0 Å². The number of thioether (sulfide) groups is 1. The van der Waals surface area contributed by atoms with Gasteiger partial charge in [0.1, 0.15) is 21.6 Å². The van der Waals surface area contributed by atoms with E-state index >= 15 is 0 Å². The monoisotopic (exact) mass is 505 g/mol. The lowest BCUT2D eigenvalue weighted by molar-refractivity contribution is -0.137. The van der Waals surface area contributed by atoms with Crippen molar-refractivity contribution >= 4 is 33.3 Å². The second-order valence-electron chi connectivity index (χ2n) is 8.75. The van der Waals surface area contributed by atoms with Crippen molar-refractivity contribution in [1.29, 1.82) is 0 Å². The average molecular weight is 506 g/mol. The van der Waals surface area contributed by atoms with Crippen LogP contribution < -0.4 is 10.1 Å². The second-order valence-corrected chi connectivity index (χ2v) is 12.2. The third-order valence-corrected chi connectivity index (χ3v) is 8.65. The number of rotatable bonds is 12. The zero-order valence-corrected chi connectivity index (χ0v) is 21.9. The summed E-state index contributed by atoms with van der Waals surface area (Å²) in [7, 11) is -2.98. The molecule has 0 saturated heterocycles. The van der Waals surface area contributed by atoms with Gasteiger partial charge in [0.05, 0.1) is 12.4 Å². The van der Waals surface area contributed by atoms with Crippen LogP contribution in [0.15, 0.2) is 30.3 Å². The van der Waals surface area contributed by atoms with Crippen molar-refractivity contribution in [2.45, 2.75) is 52.0 Å². The second kappa shape index (κ2) is 12.0. The summed E-state index contributed by atoms with van der Waals surface area (Å²) in [5.74, 6) is 1.01. The Labute approximate surface area is 207 Å². The highest BCUT2D eigenvalue weighted by Crippen LogP contribution is 2.39. The van der Waals surface area contributed by atoms with Crippen LogP contribution >= 0.6 is 11.8 Å². The smallest absolute Gasteiger partial charge is 0.326 e. The largest absolute Gasteiger partial charge is 0.494 e. The maximum absolute atomic E-state index is 11.7. The Hall–Kier alpha value is -2.19. The summed E-state index contributed by atoms with van der Waals surface area (Å²) in [5, 5.41) is 12.8. The quantitative estimate of drug-likeness (QED) is 0.393. The molecule has 0 unspecified atom stereocenters. The van der Waals surface area contributed by atoms with Crippen LogP contribution in [0.4, 0.5) is 5.69 Å². The number of nitrogens with one attached hydrogen (secondary N) is 1. The van der Waals surface area contributed by atoms with E-state index in [-0.39, 0.29) is 11.5 Å². The highest BCUT2D eigenvalue weighted by atomic mass is 32.2. The molecule has 0 saturated carbocycles. The highest BCUT2D eigenvalue weighted by molar-refractivity contribution is 7.98. The lowest BCUT2D eigenvalue weighted by atomic mass is 9.92. The fourth-order valence-corrected chi connectivity index (χ4v) is 5.70. The Kier molecular flexibility index (Phi) is 9.31. The number of benzene rings is 2. The first-order chi connectivity index (χ1) is 16.2. The van der Waals surface area contributed by atoms with E-state index in [2.05, 4.69) is 30.4 Å². The van der Waals surface area contributed by atoms with Gasteiger partial charge in [0, 0.05) is 11.4 Å². The topological polar surface area (TPSA) is 92.7 Å². The molecule has 0 spiro atoms. The number of aliphatic carboxylic acids is 1. The van der Waals surface area contributed by atoms with Crippen LogP contribution in [0.25, 0.3) is 11.1 Å². The van der Waals surface area contributed by atoms with E-state index < -0.39 is 21.8 Å². The van der Waals surface area contributed by atoms with Gasteiger partial charge in [-0.2, -0.15) is 11.8 Å². The number of hydrogen-bond donors (Lipinski definition) is 2. The molecule has 0 heterocycles. The molecule has 0 radical (unpaired) electrons. The molecule has 2 N–H and O–H groups in total. The first kappa shape index (κ1) is 26.4. The van der Waals surface area contributed by atoms with Crippen LogP contribution in [0, 0.1) is 6.92 Å². The summed E-state index contributed by atoms with van der Waals surface area (Å²) in [6.45, 7) is 4.10. The summed E-state index contributed by atoms with van der Waals surface area (Å²) in [4.78, 5) is 11.7. The lowest BCUT2D eigenvalue weighted by Crippen LogP contribution is -2.29. The summed E-state index contributed by atoms with van der Waals surface area (Å²) in [6.07, 6.45) is 5.93. The predicted molar refractivity (Wildman–Crippen MR) is 141 cm³/mol. The van der Waals surface area contributed by atoms with Gasteiger partial charge in [-0.05, 0) is 103 Å². The molecule has 8 heteroatoms. The Balaban J connectivity index is 1.83. The fraction of sp³-hybridized carbons (Fsp3) is 0.500. The number of ether oxygens (including phenoxy) is 1. The van der Waals surface area contributed by atoms with Gasteiger partial charge in [-0.25, -0.2) is 13.2 Å². The number of fused-ring (bicyclic) bond motifs is 3. The number of carbonyl (C=O) groups is 1. The normalized spacial score (nSPS) is 14.0. The predicted octanol–water partition coefficient (Wildman–Crippen LogP) is 4.97. The van der Waals surface area contributed by atoms with E-state index in [9.17, 15) is 18.3 Å². The number of aryl methyl sites for hydroxylation is 3. The van der Waals surface area contributed by atoms with E-state index in [1.165, 1.54) is 16.7 Å². The molecule has 1 aliphatic rings. The molecule has 186 valence electrons. The maximum atomic E-state index is 11.7. The molecular weight excluding hydrogens is 470 g/mol. The van der Waals surface area contributed by atoms with E-state index in [0.717, 1.165) is 47.6 Å². The maximum Gasteiger partial charge on any atom is 0.326 e. The number of sulfone groups is 1. The minimum atomic E-state index is -2.98. The van der Waals surface area contributed by atoms with Crippen molar-refractivity contribution < 1.29 is 23.1 Å². The van der Waals surface area contributed by atoms with E-state index in [1.807, 2.05) is 18.4 Å². The number of anilines is 1. The van der Waals surface area contributed by atoms with Gasteiger partial charge >= 0.3 is 5.97 Å². The summed E-state index contributed by atoms with van der Waals surface area (Å²) in [6, 6.07) is 9.64. The molecule has 3 rings (SSSR count). The van der Waals surface area contributed by atoms with E-state index in [4.69, 9.17) is 4.74 Å². The Bertz CT molecular complexity index is 1110. The van der Waals surface area contributed by atoms with Gasteiger partial charge in [-0.3, -0.25) is 0 Å². The van der Waals surface area contributed by atoms with E-state index in [0.29, 0.717) is 19.4 Å². The SMILES string of the molecule is CCS(=O)(=O)CCCOc1cc(C)c2c(c1)CCCc1ccc(N[C@@H](CCSC)C(=O)O)cc1-2. The van der Waals surface area contributed by atoms with Crippen molar-refractivity contribution in [1.82, 2.24) is 0 Å². The van der Waals surface area contributed by atoms with Crippen LogP contribution in [-0.2, 0) is 27.5 Å². The zero-order chi connectivity index (χ0) is 24.7. The number of carboxylic acids is 1. The van der Waals surface area contributed by atoms with Crippen LogP contribution in [0.1, 0.15) is 42.9 Å². The standard InChI is InChI=1S/C26H35NO5S2/c1-4-34(30,31)14-6-12-32-22-15-18(2)25-20(16-22)8-5-7-19-9-10-21(17-23(19)25)27-24(26(28)29)11-13-33-3/h9-10,15-17,24,27H,4-8,11-14H2,1-3H3,(H,28,29)/t24-/m0/s1. The molecule has 1 atom stereocenters. The molecule has 2 aromatic rings. The lowest BCUT2D eigenvalue weighted by Gasteiger charge is -2.19. The first-order valence-corrected chi connectivity index (χ1v) is 15.0. The van der Waals surface area contributed by atoms with Gasteiger partial charge < -0.3 is 15.2 Å². The zero-order valence-electron chi connectivity index (χ0n) is 20.2. The fourth-order valence-electron chi connectivity index (χ4n) is 4.38. The summed E-state index contributed by atoms with van der Waals surface area (Å²) >= 11 is 1.64. The third kappa shape index (κ3) is 6.92. The molecular formula is C26H35NO5S2. The van der Waals surface area contributed by atoms with Crippen molar-refractivity contribution in [2.24, 2.45) is 0 Å². The molecule has 0 aromatic heterocycles. The Morgan fingerprint density at radius 2 is 1.97 bits per heavy atom. The molecule has 0 bridgehead atoms.